The molecule has 2 aromatic heterocycles. The van der Waals surface area contributed by atoms with E-state index >= 15 is 0 Å². The highest BCUT2D eigenvalue weighted by atomic mass is 32.1. The fourth-order valence-corrected chi connectivity index (χ4v) is 6.04. The Morgan fingerprint density at radius 1 is 1.13 bits per heavy atom. The number of fused-ring (bicyclic) bond motifs is 1. The van der Waals surface area contributed by atoms with Crippen LogP contribution in [-0.4, -0.2) is 46.2 Å². The highest BCUT2D eigenvalue weighted by Gasteiger charge is 2.42. The summed E-state index contributed by atoms with van der Waals surface area (Å²) in [5, 5.41) is 0.559. The Bertz CT molecular complexity index is 1270. The third-order valence-electron chi connectivity index (χ3n) is 7.06. The number of thiazole rings is 1. The minimum absolute atomic E-state index is 0.190. The molecule has 2 amide bonds. The fourth-order valence-electron chi connectivity index (χ4n) is 4.90. The number of hydrogen-bond acceptors (Lipinski definition) is 6. The summed E-state index contributed by atoms with van der Waals surface area (Å²) in [6.07, 6.45) is 13.0. The maximum atomic E-state index is 13.6. The second kappa shape index (κ2) is 14.2. The molecule has 1 saturated heterocycles. The second-order valence-corrected chi connectivity index (χ2v) is 11.1. The highest BCUT2D eigenvalue weighted by molar-refractivity contribution is 7.22. The van der Waals surface area contributed by atoms with E-state index in [0.29, 0.717) is 11.7 Å². The van der Waals surface area contributed by atoms with Gasteiger partial charge in [-0.15, -0.1) is 6.58 Å². The van der Waals surface area contributed by atoms with Crippen LogP contribution in [0, 0.1) is 0 Å². The third-order valence-corrected chi connectivity index (χ3v) is 8.21. The number of allylic oxidation sites excluding steroid dienone is 1. The van der Waals surface area contributed by atoms with Crippen molar-refractivity contribution in [1.82, 2.24) is 14.9 Å². The molecule has 208 valence electrons. The van der Waals surface area contributed by atoms with Crippen molar-refractivity contribution in [3.05, 3.63) is 66.0 Å². The Labute approximate surface area is 235 Å². The first-order valence-electron chi connectivity index (χ1n) is 14.3. The van der Waals surface area contributed by atoms with Gasteiger partial charge < -0.3 is 9.64 Å². The van der Waals surface area contributed by atoms with Gasteiger partial charge in [-0.3, -0.25) is 0 Å². The van der Waals surface area contributed by atoms with E-state index in [9.17, 15) is 9.59 Å². The lowest BCUT2D eigenvalue weighted by Gasteiger charge is -2.20. The molecule has 1 aliphatic heterocycles. The van der Waals surface area contributed by atoms with E-state index in [2.05, 4.69) is 31.5 Å². The van der Waals surface area contributed by atoms with Crippen LogP contribution in [0.3, 0.4) is 0 Å². The van der Waals surface area contributed by atoms with Crippen molar-refractivity contribution in [3.63, 3.8) is 0 Å². The molecule has 0 N–H and O–H groups in total. The zero-order valence-electron chi connectivity index (χ0n) is 23.2. The Hall–Kier alpha value is -3.26. The smallest absolute Gasteiger partial charge is 0.358 e. The number of urea groups is 1. The van der Waals surface area contributed by atoms with Gasteiger partial charge >= 0.3 is 12.0 Å². The van der Waals surface area contributed by atoms with E-state index in [0.717, 1.165) is 73.6 Å². The predicted molar refractivity (Wildman–Crippen MR) is 158 cm³/mol. The zero-order chi connectivity index (χ0) is 27.6. The normalized spacial score (nSPS) is 15.3. The van der Waals surface area contributed by atoms with Crippen LogP contribution in [0.2, 0.25) is 0 Å². The van der Waals surface area contributed by atoms with Gasteiger partial charge in [0.25, 0.3) is 0 Å². The summed E-state index contributed by atoms with van der Waals surface area (Å²) in [5.74, 6) is -0.524. The third kappa shape index (κ3) is 7.24. The van der Waals surface area contributed by atoms with E-state index in [1.165, 1.54) is 23.3 Å². The minimum atomic E-state index is -0.775. The average Bonchev–Trinajstić information content (AvgIpc) is 3.50. The molecule has 1 fully saturated rings. The number of carbonyl (C=O) groups is 2. The lowest BCUT2D eigenvalue weighted by Crippen LogP contribution is -2.37. The number of rotatable bonds is 15. The number of amides is 2. The lowest BCUT2D eigenvalue weighted by molar-refractivity contribution is 0.0318. The number of aryl methyl sites for hydroxylation is 2. The molecule has 4 rings (SSSR count). The molecule has 3 aromatic rings. The van der Waals surface area contributed by atoms with Gasteiger partial charge in [0, 0.05) is 12.7 Å². The Morgan fingerprint density at radius 2 is 1.92 bits per heavy atom. The number of aromatic nitrogens is 2. The van der Waals surface area contributed by atoms with E-state index in [-0.39, 0.29) is 18.3 Å². The molecule has 39 heavy (non-hydrogen) atoms. The van der Waals surface area contributed by atoms with Crippen molar-refractivity contribution < 1.29 is 14.3 Å². The van der Waals surface area contributed by atoms with Crippen LogP contribution in [-0.2, 0) is 17.6 Å². The summed E-state index contributed by atoms with van der Waals surface area (Å²) in [6.45, 7) is 9.01. The topological polar surface area (TPSA) is 75.6 Å². The Morgan fingerprint density at radius 3 is 2.69 bits per heavy atom. The van der Waals surface area contributed by atoms with E-state index in [1.54, 1.807) is 22.1 Å². The van der Waals surface area contributed by atoms with Crippen LogP contribution in [0.4, 0.5) is 9.93 Å². The lowest BCUT2D eigenvalue weighted by atomic mass is 10.1. The molecule has 0 spiro atoms. The fraction of sp³-hybridized carbons (Fsp3) is 0.484. The van der Waals surface area contributed by atoms with Crippen molar-refractivity contribution in [1.29, 1.82) is 0 Å². The van der Waals surface area contributed by atoms with Gasteiger partial charge in [0.05, 0.1) is 16.8 Å². The maximum absolute atomic E-state index is 13.6. The summed E-state index contributed by atoms with van der Waals surface area (Å²) in [4.78, 5) is 39.2. The molecule has 0 bridgehead atoms. The number of carbonyl (C=O) groups excluding carboxylic acids is 2. The molecule has 8 heteroatoms. The van der Waals surface area contributed by atoms with Crippen molar-refractivity contribution in [3.8, 4) is 0 Å². The van der Waals surface area contributed by atoms with Crippen LogP contribution in [0.25, 0.3) is 10.2 Å². The monoisotopic (exact) mass is 548 g/mol. The predicted octanol–water partition coefficient (Wildman–Crippen LogP) is 7.55. The molecule has 0 aliphatic carbocycles. The molecular weight excluding hydrogens is 508 g/mol. The number of hydrogen-bond donors (Lipinski definition) is 0. The molecule has 1 aromatic carbocycles. The zero-order valence-corrected chi connectivity index (χ0v) is 24.0. The molecule has 3 heterocycles. The van der Waals surface area contributed by atoms with Gasteiger partial charge in [0.2, 0.25) is 6.23 Å². The van der Waals surface area contributed by atoms with Crippen LogP contribution in [0.1, 0.15) is 86.8 Å². The highest BCUT2D eigenvalue weighted by Crippen LogP contribution is 2.36. The number of unbranched alkanes of at least 4 members (excludes halogenated alkanes) is 5. The summed E-state index contributed by atoms with van der Waals surface area (Å²) in [7, 11) is 0. The SMILES string of the molecule is C=CCCCN1CC(OC(=O)c2cc(CCCCC)ccn2)N(c2nc3cccc(CCCCC)c3s2)C1=O. The number of pyridine rings is 1. The average molecular weight is 549 g/mol. The van der Waals surface area contributed by atoms with Gasteiger partial charge in [0.15, 0.2) is 5.13 Å². The molecule has 1 unspecified atom stereocenters. The number of anilines is 1. The summed E-state index contributed by atoms with van der Waals surface area (Å²) >= 11 is 1.50. The van der Waals surface area contributed by atoms with Crippen molar-refractivity contribution in [2.75, 3.05) is 18.0 Å². The van der Waals surface area contributed by atoms with E-state index in [1.807, 2.05) is 24.3 Å². The Kier molecular flexibility index (Phi) is 10.5. The first-order chi connectivity index (χ1) is 19.0. The first-order valence-corrected chi connectivity index (χ1v) is 15.1. The van der Waals surface area contributed by atoms with Gasteiger partial charge in [-0.1, -0.05) is 69.1 Å². The van der Waals surface area contributed by atoms with E-state index in [4.69, 9.17) is 9.72 Å². The molecular formula is C31H40N4O3S. The molecule has 0 radical (unpaired) electrons. The Balaban J connectivity index is 1.58. The van der Waals surface area contributed by atoms with Crippen LogP contribution < -0.4 is 4.90 Å². The molecule has 1 atom stereocenters. The second-order valence-electron chi connectivity index (χ2n) is 10.1. The van der Waals surface area contributed by atoms with Crippen molar-refractivity contribution >= 4 is 38.7 Å². The van der Waals surface area contributed by atoms with Gasteiger partial charge in [-0.05, 0) is 67.9 Å². The van der Waals surface area contributed by atoms with Crippen LogP contribution in [0.5, 0.6) is 0 Å². The van der Waals surface area contributed by atoms with Crippen molar-refractivity contribution in [2.24, 2.45) is 0 Å². The largest absolute Gasteiger partial charge is 0.434 e. The standard InChI is InChI=1S/C31H40N4O3S/c1-4-7-10-14-23-18-19-32-26(21-23)29(36)38-27-22-34(20-12-9-6-3)31(37)35(27)30-33-25-17-13-16-24(28(25)39-30)15-11-8-5-2/h6,13,16-19,21,27H,3-5,7-12,14-15,20,22H2,1-2H3. The van der Waals surface area contributed by atoms with Gasteiger partial charge in [0.1, 0.15) is 5.69 Å². The molecule has 1 aliphatic rings. The summed E-state index contributed by atoms with van der Waals surface area (Å²) in [6, 6.07) is 9.71. The number of ether oxygens (including phenoxy) is 1. The van der Waals surface area contributed by atoms with Gasteiger partial charge in [-0.25, -0.2) is 24.5 Å². The van der Waals surface area contributed by atoms with Gasteiger partial charge in [-0.2, -0.15) is 0 Å². The molecule has 7 nitrogen and oxygen atoms in total. The van der Waals surface area contributed by atoms with Crippen LogP contribution in [0.15, 0.2) is 49.2 Å². The maximum Gasteiger partial charge on any atom is 0.358 e. The first kappa shape index (κ1) is 28.7. The van der Waals surface area contributed by atoms with Crippen molar-refractivity contribution in [2.45, 2.75) is 84.3 Å². The quantitative estimate of drug-likeness (QED) is 0.111. The number of esters is 1. The van der Waals surface area contributed by atoms with Crippen LogP contribution >= 0.6 is 11.3 Å². The molecule has 0 saturated carbocycles. The summed E-state index contributed by atoms with van der Waals surface area (Å²) < 4.78 is 7.06. The minimum Gasteiger partial charge on any atom is -0.434 e. The number of nitrogens with zero attached hydrogens (tertiary/aromatic N) is 4. The number of benzene rings is 1. The van der Waals surface area contributed by atoms with E-state index < -0.39 is 12.2 Å². The summed E-state index contributed by atoms with van der Waals surface area (Å²) in [5.41, 5.74) is 3.45.